The Balaban J connectivity index is 1.29. The summed E-state index contributed by atoms with van der Waals surface area (Å²) in [6.45, 7) is 10.1. The highest BCUT2D eigenvalue weighted by atomic mass is 16.6. The first-order valence-electron chi connectivity index (χ1n) is 21.9. The summed E-state index contributed by atoms with van der Waals surface area (Å²) in [5, 5.41) is 5.38. The van der Waals surface area contributed by atoms with Crippen LogP contribution in [0.3, 0.4) is 0 Å². The number of aromatic nitrogens is 4. The third-order valence-corrected chi connectivity index (χ3v) is 11.5. The summed E-state index contributed by atoms with van der Waals surface area (Å²) in [5.74, 6) is 1.36. The number of methoxy groups -OCH3 is 4. The van der Waals surface area contributed by atoms with Gasteiger partial charge in [0, 0.05) is 38.4 Å². The van der Waals surface area contributed by atoms with Gasteiger partial charge in [0.15, 0.2) is 11.5 Å². The lowest BCUT2D eigenvalue weighted by Gasteiger charge is -2.37. The second-order valence-corrected chi connectivity index (χ2v) is 16.5. The van der Waals surface area contributed by atoms with Gasteiger partial charge in [-0.25, -0.2) is 19.6 Å². The fourth-order valence-corrected chi connectivity index (χ4v) is 8.03. The monoisotopic (exact) mass is 902 g/mol. The van der Waals surface area contributed by atoms with E-state index in [-0.39, 0.29) is 49.5 Å². The molecule has 0 saturated carbocycles. The minimum atomic E-state index is -0.785. The van der Waals surface area contributed by atoms with Crippen molar-refractivity contribution < 1.29 is 52.3 Å². The van der Waals surface area contributed by atoms with Crippen molar-refractivity contribution in [2.75, 3.05) is 81.2 Å². The SMILES string of the molecule is COCCOc1c(-c2ccc(-c3cnc(C4COCCN4C(=O)C(NC(=O)OC)C(C)C)[nH]3)cc2)ccc(-c2cnc(C3CCCN3C(=O)C(NC(=O)OC)C(C)C)[nH]2)c1OCCOC. The van der Waals surface area contributed by atoms with Gasteiger partial charge in [-0.1, -0.05) is 52.0 Å². The first-order chi connectivity index (χ1) is 31.4. The van der Waals surface area contributed by atoms with Crippen LogP contribution in [0.1, 0.15) is 64.3 Å². The van der Waals surface area contributed by atoms with Crippen molar-refractivity contribution in [2.45, 2.75) is 64.7 Å². The zero-order valence-corrected chi connectivity index (χ0v) is 38.4. The number of nitrogens with zero attached hydrogens (tertiary/aromatic N) is 4. The number of alkyl carbamates (subject to hydrolysis) is 2. The van der Waals surface area contributed by atoms with Crippen LogP contribution >= 0.6 is 0 Å². The molecule has 4 unspecified atom stereocenters. The molecular formula is C46H62N8O11. The van der Waals surface area contributed by atoms with Crippen molar-refractivity contribution in [2.24, 2.45) is 11.8 Å². The molecule has 2 aliphatic heterocycles. The van der Waals surface area contributed by atoms with Crippen LogP contribution in [0.25, 0.3) is 33.6 Å². The molecule has 65 heavy (non-hydrogen) atoms. The Labute approximate surface area is 379 Å². The number of aromatic amines is 2. The van der Waals surface area contributed by atoms with Crippen molar-refractivity contribution in [3.05, 3.63) is 60.4 Å². The number of amides is 4. The maximum Gasteiger partial charge on any atom is 0.407 e. The molecule has 4 N–H and O–H groups in total. The number of rotatable bonds is 19. The van der Waals surface area contributed by atoms with Gasteiger partial charge in [-0.3, -0.25) is 9.59 Å². The van der Waals surface area contributed by atoms with Crippen LogP contribution in [0.2, 0.25) is 0 Å². The molecule has 4 amide bonds. The summed E-state index contributed by atoms with van der Waals surface area (Å²) in [7, 11) is 5.75. The van der Waals surface area contributed by atoms with E-state index in [9.17, 15) is 19.2 Å². The molecule has 2 aromatic carbocycles. The van der Waals surface area contributed by atoms with E-state index in [1.54, 1.807) is 36.4 Å². The minimum Gasteiger partial charge on any atom is -0.487 e. The number of nitrogens with one attached hydrogen (secondary N) is 4. The molecule has 19 heteroatoms. The lowest BCUT2D eigenvalue weighted by Crippen LogP contribution is -2.54. The van der Waals surface area contributed by atoms with E-state index in [0.717, 1.165) is 28.8 Å². The number of likely N-dealkylation sites (tertiary alicyclic amines) is 1. The quantitative estimate of drug-likeness (QED) is 0.0855. The Morgan fingerprint density at radius 1 is 0.677 bits per heavy atom. The molecule has 0 aliphatic carbocycles. The fourth-order valence-electron chi connectivity index (χ4n) is 8.03. The average Bonchev–Trinajstić information content (AvgIpc) is 4.12. The van der Waals surface area contributed by atoms with E-state index in [1.807, 2.05) is 64.1 Å². The van der Waals surface area contributed by atoms with Gasteiger partial charge in [0.25, 0.3) is 0 Å². The highest BCUT2D eigenvalue weighted by molar-refractivity contribution is 5.87. The lowest BCUT2D eigenvalue weighted by molar-refractivity contribution is -0.143. The van der Waals surface area contributed by atoms with Crippen LogP contribution in [0, 0.1) is 11.8 Å². The summed E-state index contributed by atoms with van der Waals surface area (Å²) in [6.07, 6.45) is 3.59. The number of carbonyl (C=O) groups excluding carboxylic acids is 4. The van der Waals surface area contributed by atoms with Gasteiger partial charge in [0.05, 0.1) is 70.5 Å². The Bertz CT molecular complexity index is 2230. The molecule has 4 heterocycles. The van der Waals surface area contributed by atoms with Crippen molar-refractivity contribution >= 4 is 24.0 Å². The van der Waals surface area contributed by atoms with E-state index < -0.39 is 30.3 Å². The summed E-state index contributed by atoms with van der Waals surface area (Å²) < 4.78 is 39.0. The van der Waals surface area contributed by atoms with E-state index in [1.165, 1.54) is 14.2 Å². The molecule has 4 atom stereocenters. The topological polar surface area (TPSA) is 221 Å². The first kappa shape index (κ1) is 48.3. The van der Waals surface area contributed by atoms with Gasteiger partial charge in [-0.05, 0) is 47.9 Å². The third-order valence-electron chi connectivity index (χ3n) is 11.5. The Hall–Kier alpha value is -6.18. The summed E-state index contributed by atoms with van der Waals surface area (Å²) >= 11 is 0. The maximum atomic E-state index is 13.8. The van der Waals surface area contributed by atoms with Crippen LogP contribution in [0.5, 0.6) is 11.5 Å². The predicted octanol–water partition coefficient (Wildman–Crippen LogP) is 5.51. The van der Waals surface area contributed by atoms with E-state index >= 15 is 0 Å². The van der Waals surface area contributed by atoms with Gasteiger partial charge in [-0.15, -0.1) is 0 Å². The second-order valence-electron chi connectivity index (χ2n) is 16.5. The molecule has 0 spiro atoms. The van der Waals surface area contributed by atoms with Gasteiger partial charge in [0.1, 0.15) is 43.0 Å². The van der Waals surface area contributed by atoms with Crippen LogP contribution in [-0.2, 0) is 33.3 Å². The van der Waals surface area contributed by atoms with Gasteiger partial charge in [-0.2, -0.15) is 0 Å². The summed E-state index contributed by atoms with van der Waals surface area (Å²) in [6, 6.07) is 9.46. The highest BCUT2D eigenvalue weighted by Gasteiger charge is 2.39. The van der Waals surface area contributed by atoms with Crippen LogP contribution < -0.4 is 20.1 Å². The Kier molecular flexibility index (Phi) is 16.8. The number of ether oxygens (including phenoxy) is 7. The molecule has 19 nitrogen and oxygen atoms in total. The van der Waals surface area contributed by atoms with E-state index in [2.05, 4.69) is 25.6 Å². The van der Waals surface area contributed by atoms with Crippen molar-refractivity contribution in [3.63, 3.8) is 0 Å². The van der Waals surface area contributed by atoms with E-state index in [4.69, 9.17) is 38.1 Å². The number of carbonyl (C=O) groups is 4. The zero-order valence-electron chi connectivity index (χ0n) is 38.4. The number of H-pyrrole nitrogens is 2. The van der Waals surface area contributed by atoms with Crippen LogP contribution in [-0.4, -0.2) is 147 Å². The number of benzene rings is 2. The highest BCUT2D eigenvalue weighted by Crippen LogP contribution is 2.46. The normalized spacial score (nSPS) is 17.2. The standard InChI is InChI=1S/C46H62N8O11/c1-27(2)37(51-45(57)61-7)43(55)53-17-9-10-35(53)41-48-25-34(50-41)32-16-15-31(39(64-22-20-59-5)40(32)65-23-21-60-6)29-11-13-30(14-12-29)33-24-47-42(49-33)36-26-63-19-18-54(36)44(56)38(28(3)4)52-46(58)62-8/h11-16,24-25,27-28,35-38H,9-10,17-23,26H2,1-8H3,(H,47,49)(H,48,50)(H,51,57)(H,52,58). The zero-order chi connectivity index (χ0) is 46.6. The Morgan fingerprint density at radius 2 is 1.18 bits per heavy atom. The maximum absolute atomic E-state index is 13.8. The number of morpholine rings is 1. The van der Waals surface area contributed by atoms with Gasteiger partial charge in [0.2, 0.25) is 11.8 Å². The molecule has 4 aromatic rings. The molecule has 352 valence electrons. The van der Waals surface area contributed by atoms with Gasteiger partial charge >= 0.3 is 12.2 Å². The molecule has 2 saturated heterocycles. The molecule has 0 bridgehead atoms. The predicted molar refractivity (Wildman–Crippen MR) is 239 cm³/mol. The van der Waals surface area contributed by atoms with Crippen molar-refractivity contribution in [3.8, 4) is 45.1 Å². The lowest BCUT2D eigenvalue weighted by atomic mass is 9.98. The second kappa shape index (κ2) is 22.6. The molecule has 0 radical (unpaired) electrons. The Morgan fingerprint density at radius 3 is 1.75 bits per heavy atom. The molecule has 2 fully saturated rings. The smallest absolute Gasteiger partial charge is 0.407 e. The fraction of sp³-hybridized carbons (Fsp3) is 0.522. The van der Waals surface area contributed by atoms with Crippen molar-refractivity contribution in [1.29, 1.82) is 0 Å². The molecular weight excluding hydrogens is 841 g/mol. The minimum absolute atomic E-state index is 0.166. The summed E-state index contributed by atoms with van der Waals surface area (Å²) in [4.78, 5) is 71.6. The van der Waals surface area contributed by atoms with Crippen LogP contribution in [0.15, 0.2) is 48.8 Å². The van der Waals surface area contributed by atoms with E-state index in [0.29, 0.717) is 73.7 Å². The molecule has 2 aromatic heterocycles. The molecule has 6 rings (SSSR count). The number of hydrogen-bond acceptors (Lipinski definition) is 13. The number of imidazole rings is 2. The largest absolute Gasteiger partial charge is 0.487 e. The number of hydrogen-bond donors (Lipinski definition) is 4. The molecule has 2 aliphatic rings. The first-order valence-corrected chi connectivity index (χ1v) is 21.9. The summed E-state index contributed by atoms with van der Waals surface area (Å²) in [5.41, 5.74) is 4.58. The van der Waals surface area contributed by atoms with Gasteiger partial charge < -0.3 is 63.6 Å². The third kappa shape index (κ3) is 11.4. The van der Waals surface area contributed by atoms with Crippen molar-refractivity contribution in [1.82, 2.24) is 40.4 Å². The average molecular weight is 903 g/mol. The van der Waals surface area contributed by atoms with Crippen LogP contribution in [0.4, 0.5) is 9.59 Å².